The fourth-order valence-electron chi connectivity index (χ4n) is 1.03. The lowest BCUT2D eigenvalue weighted by atomic mass is 10.3. The normalized spacial score (nSPS) is 9.94. The number of benzene rings is 1. The Labute approximate surface area is 101 Å². The summed E-state index contributed by atoms with van der Waals surface area (Å²) in [5, 5.41) is 13.6. The van der Waals surface area contributed by atoms with E-state index in [9.17, 15) is 9.18 Å². The molecular formula is C10H12BrFN2O2. The zero-order valence-corrected chi connectivity index (χ0v) is 10.1. The molecule has 0 atom stereocenters. The first kappa shape index (κ1) is 12.9. The van der Waals surface area contributed by atoms with Crippen molar-refractivity contribution in [2.24, 2.45) is 0 Å². The summed E-state index contributed by atoms with van der Waals surface area (Å²) in [6.45, 7) is 0.424. The number of carbonyl (C=O) groups is 1. The van der Waals surface area contributed by atoms with Crippen LogP contribution in [0, 0.1) is 5.82 Å². The van der Waals surface area contributed by atoms with Crippen molar-refractivity contribution in [1.82, 2.24) is 5.32 Å². The van der Waals surface area contributed by atoms with Gasteiger partial charge in [-0.1, -0.05) is 0 Å². The predicted molar refractivity (Wildman–Crippen MR) is 62.8 cm³/mol. The first-order valence-electron chi connectivity index (χ1n) is 4.74. The van der Waals surface area contributed by atoms with Crippen molar-refractivity contribution in [1.29, 1.82) is 0 Å². The number of hydrogen-bond acceptors (Lipinski definition) is 2. The lowest BCUT2D eigenvalue weighted by Crippen LogP contribution is -2.29. The van der Waals surface area contributed by atoms with Crippen LogP contribution in [0.15, 0.2) is 22.7 Å². The summed E-state index contributed by atoms with van der Waals surface area (Å²) in [5.74, 6) is -0.383. The number of aliphatic hydroxyl groups is 1. The van der Waals surface area contributed by atoms with E-state index >= 15 is 0 Å². The van der Waals surface area contributed by atoms with Gasteiger partial charge in [0, 0.05) is 18.8 Å². The second-order valence-electron chi connectivity index (χ2n) is 3.09. The van der Waals surface area contributed by atoms with Crippen LogP contribution in [-0.2, 0) is 0 Å². The summed E-state index contributed by atoms with van der Waals surface area (Å²) in [6.07, 6.45) is 0.501. The van der Waals surface area contributed by atoms with E-state index in [0.29, 0.717) is 23.1 Å². The number of aliphatic hydroxyl groups excluding tert-OH is 1. The van der Waals surface area contributed by atoms with E-state index in [2.05, 4.69) is 26.6 Å². The van der Waals surface area contributed by atoms with Crippen molar-refractivity contribution in [3.63, 3.8) is 0 Å². The Kier molecular flexibility index (Phi) is 5.21. The molecule has 88 valence electrons. The lowest BCUT2D eigenvalue weighted by molar-refractivity contribution is 0.249. The molecule has 4 nitrogen and oxygen atoms in total. The summed E-state index contributed by atoms with van der Waals surface area (Å²) in [7, 11) is 0. The van der Waals surface area contributed by atoms with Gasteiger partial charge in [-0.15, -0.1) is 0 Å². The fourth-order valence-corrected chi connectivity index (χ4v) is 1.41. The molecule has 0 aliphatic rings. The number of urea groups is 1. The van der Waals surface area contributed by atoms with Crippen molar-refractivity contribution < 1.29 is 14.3 Å². The van der Waals surface area contributed by atoms with Crippen molar-refractivity contribution in [2.75, 3.05) is 18.5 Å². The van der Waals surface area contributed by atoms with Gasteiger partial charge in [0.15, 0.2) is 0 Å². The molecule has 0 spiro atoms. The van der Waals surface area contributed by atoms with E-state index in [1.54, 1.807) is 0 Å². The standard InChI is InChI=1S/C10H12BrFN2O2/c11-8-6-7(2-3-9(8)12)14-10(16)13-4-1-5-15/h2-3,6,15H,1,4-5H2,(H2,13,14,16). The highest BCUT2D eigenvalue weighted by atomic mass is 79.9. The van der Waals surface area contributed by atoms with Crippen molar-refractivity contribution in [3.8, 4) is 0 Å². The highest BCUT2D eigenvalue weighted by Crippen LogP contribution is 2.19. The number of rotatable bonds is 4. The van der Waals surface area contributed by atoms with Crippen LogP contribution >= 0.6 is 15.9 Å². The minimum Gasteiger partial charge on any atom is -0.396 e. The molecule has 2 amide bonds. The zero-order chi connectivity index (χ0) is 12.0. The topological polar surface area (TPSA) is 61.4 Å². The minimum absolute atomic E-state index is 0.0301. The van der Waals surface area contributed by atoms with Crippen LogP contribution in [0.4, 0.5) is 14.9 Å². The van der Waals surface area contributed by atoms with E-state index in [4.69, 9.17) is 5.11 Å². The van der Waals surface area contributed by atoms with E-state index in [0.717, 1.165) is 0 Å². The smallest absolute Gasteiger partial charge is 0.319 e. The zero-order valence-electron chi connectivity index (χ0n) is 8.46. The highest BCUT2D eigenvalue weighted by molar-refractivity contribution is 9.10. The van der Waals surface area contributed by atoms with E-state index < -0.39 is 0 Å². The molecule has 3 N–H and O–H groups in total. The summed E-state index contributed by atoms with van der Waals surface area (Å²) in [6, 6.07) is 3.81. The van der Waals surface area contributed by atoms with Gasteiger partial charge in [0.1, 0.15) is 5.82 Å². The van der Waals surface area contributed by atoms with Gasteiger partial charge >= 0.3 is 6.03 Å². The van der Waals surface area contributed by atoms with Gasteiger partial charge in [0.25, 0.3) is 0 Å². The molecule has 0 saturated carbocycles. The molecule has 0 aliphatic heterocycles. The summed E-state index contributed by atoms with van der Waals surface area (Å²) < 4.78 is 13.2. The molecule has 0 fully saturated rings. The Morgan fingerprint density at radius 1 is 1.50 bits per heavy atom. The average Bonchev–Trinajstić information content (AvgIpc) is 2.24. The maximum absolute atomic E-state index is 12.9. The number of hydrogen-bond donors (Lipinski definition) is 3. The third-order valence-electron chi connectivity index (χ3n) is 1.80. The predicted octanol–water partition coefficient (Wildman–Crippen LogP) is 2.09. The third kappa shape index (κ3) is 4.16. The second kappa shape index (κ2) is 6.44. The van der Waals surface area contributed by atoms with E-state index in [1.165, 1.54) is 18.2 Å². The Morgan fingerprint density at radius 3 is 2.88 bits per heavy atom. The van der Waals surface area contributed by atoms with Gasteiger partial charge in [-0.3, -0.25) is 0 Å². The molecule has 1 aromatic carbocycles. The Balaban J connectivity index is 2.46. The van der Waals surface area contributed by atoms with Gasteiger partial charge in [-0.05, 0) is 40.5 Å². The minimum atomic E-state index is -0.383. The monoisotopic (exact) mass is 290 g/mol. The highest BCUT2D eigenvalue weighted by Gasteiger charge is 2.03. The Bertz CT molecular complexity index is 374. The van der Waals surface area contributed by atoms with Crippen LogP contribution in [0.1, 0.15) is 6.42 Å². The Hall–Kier alpha value is -1.14. The van der Waals surface area contributed by atoms with Crippen molar-refractivity contribution >= 4 is 27.6 Å². The lowest BCUT2D eigenvalue weighted by Gasteiger charge is -2.07. The summed E-state index contributed by atoms with van der Waals surface area (Å²) >= 11 is 3.02. The average molecular weight is 291 g/mol. The van der Waals surface area contributed by atoms with E-state index in [-0.39, 0.29) is 18.5 Å². The first-order chi connectivity index (χ1) is 7.63. The molecule has 0 unspecified atom stereocenters. The SMILES string of the molecule is O=C(NCCCO)Nc1ccc(F)c(Br)c1. The maximum atomic E-state index is 12.9. The third-order valence-corrected chi connectivity index (χ3v) is 2.41. The molecule has 1 aromatic rings. The van der Waals surface area contributed by atoms with Crippen molar-refractivity contribution in [2.45, 2.75) is 6.42 Å². The molecule has 6 heteroatoms. The summed E-state index contributed by atoms with van der Waals surface area (Å²) in [5.41, 5.74) is 0.495. The van der Waals surface area contributed by atoms with Crippen LogP contribution in [-0.4, -0.2) is 24.3 Å². The first-order valence-corrected chi connectivity index (χ1v) is 5.53. The van der Waals surface area contributed by atoms with Crippen LogP contribution in [0.3, 0.4) is 0 Å². The van der Waals surface area contributed by atoms with Crippen LogP contribution in [0.25, 0.3) is 0 Å². The van der Waals surface area contributed by atoms with Crippen LogP contribution < -0.4 is 10.6 Å². The number of nitrogens with one attached hydrogen (secondary N) is 2. The number of anilines is 1. The molecule has 0 aromatic heterocycles. The number of amides is 2. The van der Waals surface area contributed by atoms with Gasteiger partial charge in [0.05, 0.1) is 4.47 Å². The van der Waals surface area contributed by atoms with Gasteiger partial charge < -0.3 is 15.7 Å². The maximum Gasteiger partial charge on any atom is 0.319 e. The molecule has 1 rings (SSSR count). The largest absolute Gasteiger partial charge is 0.396 e. The molecule has 16 heavy (non-hydrogen) atoms. The van der Waals surface area contributed by atoms with Gasteiger partial charge in [-0.25, -0.2) is 9.18 Å². The molecule has 0 saturated heterocycles. The quantitative estimate of drug-likeness (QED) is 0.744. The number of halogens is 2. The van der Waals surface area contributed by atoms with E-state index in [1.807, 2.05) is 0 Å². The second-order valence-corrected chi connectivity index (χ2v) is 3.94. The molecule has 0 aliphatic carbocycles. The van der Waals surface area contributed by atoms with Crippen LogP contribution in [0.2, 0.25) is 0 Å². The molecular weight excluding hydrogens is 279 g/mol. The van der Waals surface area contributed by atoms with Gasteiger partial charge in [-0.2, -0.15) is 0 Å². The molecule has 0 heterocycles. The number of carbonyl (C=O) groups excluding carboxylic acids is 1. The van der Waals surface area contributed by atoms with Gasteiger partial charge in [0.2, 0.25) is 0 Å². The molecule has 0 radical (unpaired) electrons. The van der Waals surface area contributed by atoms with Crippen molar-refractivity contribution in [3.05, 3.63) is 28.5 Å². The summed E-state index contributed by atoms with van der Waals surface area (Å²) in [4.78, 5) is 11.3. The molecule has 0 bridgehead atoms. The fraction of sp³-hybridized carbons (Fsp3) is 0.300. The Morgan fingerprint density at radius 2 is 2.25 bits per heavy atom. The van der Waals surface area contributed by atoms with Crippen LogP contribution in [0.5, 0.6) is 0 Å².